The van der Waals surface area contributed by atoms with Crippen molar-refractivity contribution >= 4 is 17.8 Å². The lowest BCUT2D eigenvalue weighted by Crippen LogP contribution is -2.48. The van der Waals surface area contributed by atoms with E-state index in [1.54, 1.807) is 24.9 Å². The summed E-state index contributed by atoms with van der Waals surface area (Å²) in [5.74, 6) is 0.594. The molecule has 0 aliphatic carbocycles. The molecular formula is C17H27N5O2. The second-order valence-electron chi connectivity index (χ2n) is 6.27. The lowest BCUT2D eigenvalue weighted by Gasteiger charge is -2.34. The number of carbonyl (C=O) groups excluding carboxylic acids is 2. The predicted octanol–water partition coefficient (Wildman–Crippen LogP) is 1.33. The topological polar surface area (TPSA) is 69.6 Å². The summed E-state index contributed by atoms with van der Waals surface area (Å²) in [6, 6.07) is 1.74. The van der Waals surface area contributed by atoms with Crippen molar-refractivity contribution in [3.8, 4) is 0 Å². The molecule has 2 heterocycles. The summed E-state index contributed by atoms with van der Waals surface area (Å²) in [7, 11) is 1.81. The molecule has 0 spiro atoms. The van der Waals surface area contributed by atoms with E-state index in [2.05, 4.69) is 16.9 Å². The molecule has 0 aromatic carbocycles. The highest BCUT2D eigenvalue weighted by atomic mass is 16.2. The van der Waals surface area contributed by atoms with E-state index < -0.39 is 0 Å². The maximum absolute atomic E-state index is 12.5. The first-order valence-electron chi connectivity index (χ1n) is 8.54. The molecular weight excluding hydrogens is 306 g/mol. The van der Waals surface area contributed by atoms with Crippen LogP contribution in [-0.2, 0) is 4.79 Å². The quantitative estimate of drug-likeness (QED) is 0.813. The molecule has 1 fully saturated rings. The monoisotopic (exact) mass is 333 g/mol. The number of aromatic nitrogens is 2. The number of nitrogens with zero attached hydrogens (tertiary/aromatic N) is 5. The van der Waals surface area contributed by atoms with Gasteiger partial charge in [-0.15, -0.1) is 0 Å². The molecule has 1 saturated heterocycles. The van der Waals surface area contributed by atoms with E-state index in [0.717, 1.165) is 25.1 Å². The Morgan fingerprint density at radius 3 is 2.46 bits per heavy atom. The number of piperazine rings is 1. The first-order chi connectivity index (χ1) is 11.4. The molecule has 1 aliphatic rings. The normalized spacial score (nSPS) is 14.7. The van der Waals surface area contributed by atoms with Gasteiger partial charge < -0.3 is 14.7 Å². The van der Waals surface area contributed by atoms with Crippen LogP contribution in [0, 0.1) is 6.92 Å². The second kappa shape index (κ2) is 8.08. The van der Waals surface area contributed by atoms with E-state index in [4.69, 9.17) is 0 Å². The van der Waals surface area contributed by atoms with Crippen molar-refractivity contribution < 1.29 is 9.59 Å². The number of hydrogen-bond acceptors (Lipinski definition) is 5. The number of carbonyl (C=O) groups is 2. The van der Waals surface area contributed by atoms with Crippen molar-refractivity contribution in [2.45, 2.75) is 33.6 Å². The van der Waals surface area contributed by atoms with Crippen LogP contribution in [-0.4, -0.2) is 71.4 Å². The largest absolute Gasteiger partial charge is 0.340 e. The summed E-state index contributed by atoms with van der Waals surface area (Å²) in [4.78, 5) is 38.5. The third kappa shape index (κ3) is 4.43. The molecule has 2 amide bonds. The van der Waals surface area contributed by atoms with Crippen molar-refractivity contribution in [3.05, 3.63) is 17.5 Å². The van der Waals surface area contributed by atoms with Gasteiger partial charge in [0.15, 0.2) is 0 Å². The van der Waals surface area contributed by atoms with Gasteiger partial charge in [-0.1, -0.05) is 13.3 Å². The molecule has 1 aliphatic heterocycles. The number of aryl methyl sites for hydroxylation is 1. The highest BCUT2D eigenvalue weighted by Crippen LogP contribution is 2.14. The van der Waals surface area contributed by atoms with E-state index in [9.17, 15) is 9.59 Å². The number of amides is 2. The highest BCUT2D eigenvalue weighted by molar-refractivity contribution is 5.92. The van der Waals surface area contributed by atoms with Gasteiger partial charge in [0, 0.05) is 52.4 Å². The summed E-state index contributed by atoms with van der Waals surface area (Å²) in [5, 5.41) is 0. The fourth-order valence-corrected chi connectivity index (χ4v) is 2.72. The highest BCUT2D eigenvalue weighted by Gasteiger charge is 2.22. The van der Waals surface area contributed by atoms with Crippen LogP contribution in [0.5, 0.6) is 0 Å². The number of hydrogen-bond donors (Lipinski definition) is 0. The minimum Gasteiger partial charge on any atom is -0.340 e. The van der Waals surface area contributed by atoms with Gasteiger partial charge in [0.25, 0.3) is 5.91 Å². The summed E-state index contributed by atoms with van der Waals surface area (Å²) < 4.78 is 0. The number of anilines is 1. The van der Waals surface area contributed by atoms with E-state index in [0.29, 0.717) is 37.8 Å². The zero-order chi connectivity index (χ0) is 17.7. The van der Waals surface area contributed by atoms with Crippen molar-refractivity contribution in [2.24, 2.45) is 0 Å². The lowest BCUT2D eigenvalue weighted by atomic mass is 10.2. The van der Waals surface area contributed by atoms with Crippen LogP contribution in [0.2, 0.25) is 0 Å². The van der Waals surface area contributed by atoms with Gasteiger partial charge in [0.1, 0.15) is 5.69 Å². The van der Waals surface area contributed by atoms with Crippen LogP contribution < -0.4 is 4.90 Å². The van der Waals surface area contributed by atoms with Crippen molar-refractivity contribution in [3.63, 3.8) is 0 Å². The average molecular weight is 333 g/mol. The zero-order valence-electron chi connectivity index (χ0n) is 15.1. The molecule has 0 unspecified atom stereocenters. The third-order valence-electron chi connectivity index (χ3n) is 4.26. The maximum atomic E-state index is 12.5. The number of unbranched alkanes of at least 4 members (excludes halogenated alkanes) is 1. The van der Waals surface area contributed by atoms with Crippen LogP contribution in [0.3, 0.4) is 0 Å². The van der Waals surface area contributed by atoms with E-state index in [1.807, 2.05) is 16.7 Å². The Balaban J connectivity index is 2.11. The van der Waals surface area contributed by atoms with Gasteiger partial charge in [-0.3, -0.25) is 9.59 Å². The first kappa shape index (κ1) is 18.2. The fourth-order valence-electron chi connectivity index (χ4n) is 2.72. The molecule has 1 aromatic heterocycles. The van der Waals surface area contributed by atoms with Gasteiger partial charge in [0.2, 0.25) is 11.9 Å². The predicted molar refractivity (Wildman–Crippen MR) is 93.1 cm³/mol. The van der Waals surface area contributed by atoms with Gasteiger partial charge in [0.05, 0.1) is 0 Å². The van der Waals surface area contributed by atoms with Gasteiger partial charge in [-0.2, -0.15) is 0 Å². The second-order valence-corrected chi connectivity index (χ2v) is 6.27. The number of rotatable bonds is 5. The molecule has 0 atom stereocenters. The van der Waals surface area contributed by atoms with Crippen molar-refractivity contribution in [1.82, 2.24) is 19.8 Å². The van der Waals surface area contributed by atoms with Crippen LogP contribution in [0.4, 0.5) is 5.95 Å². The Bertz CT molecular complexity index is 597. The molecule has 24 heavy (non-hydrogen) atoms. The van der Waals surface area contributed by atoms with Gasteiger partial charge >= 0.3 is 0 Å². The van der Waals surface area contributed by atoms with E-state index in [1.165, 1.54) is 0 Å². The average Bonchev–Trinajstić information content (AvgIpc) is 2.58. The summed E-state index contributed by atoms with van der Waals surface area (Å²) >= 11 is 0. The summed E-state index contributed by atoms with van der Waals surface area (Å²) in [6.45, 7) is 8.97. The van der Waals surface area contributed by atoms with Crippen LogP contribution in [0.25, 0.3) is 0 Å². The standard InChI is InChI=1S/C17H27N5O2/c1-5-6-7-20(4)16(24)15-12-13(2)18-17(19-15)22-10-8-21(9-11-22)14(3)23/h12H,5-11H2,1-4H3. The minimum atomic E-state index is -0.0717. The van der Waals surface area contributed by atoms with Crippen LogP contribution in [0.1, 0.15) is 42.9 Å². The Hall–Kier alpha value is -2.18. The first-order valence-corrected chi connectivity index (χ1v) is 8.54. The van der Waals surface area contributed by atoms with E-state index >= 15 is 0 Å². The van der Waals surface area contributed by atoms with Crippen molar-refractivity contribution in [1.29, 1.82) is 0 Å². The van der Waals surface area contributed by atoms with Crippen LogP contribution in [0.15, 0.2) is 6.07 Å². The summed E-state index contributed by atoms with van der Waals surface area (Å²) in [5.41, 5.74) is 1.21. The molecule has 0 radical (unpaired) electrons. The molecule has 7 nitrogen and oxygen atoms in total. The Labute approximate surface area is 143 Å². The maximum Gasteiger partial charge on any atom is 0.272 e. The SMILES string of the molecule is CCCCN(C)C(=O)c1cc(C)nc(N2CCN(C(C)=O)CC2)n1. The molecule has 7 heteroatoms. The Morgan fingerprint density at radius 1 is 1.21 bits per heavy atom. The Kier molecular flexibility index (Phi) is 6.11. The smallest absolute Gasteiger partial charge is 0.272 e. The molecule has 132 valence electrons. The van der Waals surface area contributed by atoms with Crippen molar-refractivity contribution in [2.75, 3.05) is 44.7 Å². The lowest BCUT2D eigenvalue weighted by molar-refractivity contribution is -0.129. The molecule has 1 aromatic rings. The zero-order valence-corrected chi connectivity index (χ0v) is 15.1. The van der Waals surface area contributed by atoms with Gasteiger partial charge in [-0.05, 0) is 19.4 Å². The minimum absolute atomic E-state index is 0.0717. The summed E-state index contributed by atoms with van der Waals surface area (Å²) in [6.07, 6.45) is 2.03. The van der Waals surface area contributed by atoms with Crippen LogP contribution >= 0.6 is 0 Å². The Morgan fingerprint density at radius 2 is 1.88 bits per heavy atom. The van der Waals surface area contributed by atoms with E-state index in [-0.39, 0.29) is 11.8 Å². The third-order valence-corrected chi connectivity index (χ3v) is 4.26. The fraction of sp³-hybridized carbons (Fsp3) is 0.647. The molecule has 2 rings (SSSR count). The molecule has 0 bridgehead atoms. The van der Waals surface area contributed by atoms with Gasteiger partial charge in [-0.25, -0.2) is 9.97 Å². The molecule has 0 saturated carbocycles. The molecule has 0 N–H and O–H groups in total.